The van der Waals surface area contributed by atoms with E-state index in [4.69, 9.17) is 9.47 Å². The highest BCUT2D eigenvalue weighted by atomic mass is 79.9. The first-order valence-corrected chi connectivity index (χ1v) is 10.6. The molecule has 0 aliphatic carbocycles. The minimum absolute atomic E-state index is 0.0414. The number of benzene rings is 2. The van der Waals surface area contributed by atoms with Gasteiger partial charge in [0.15, 0.2) is 11.5 Å². The number of para-hydroxylation sites is 1. The van der Waals surface area contributed by atoms with Gasteiger partial charge < -0.3 is 19.7 Å². The molecular weight excluding hydrogens is 436 g/mol. The SMILES string of the molecule is CC(NC(=O)C1CC(=O)N(c2ccccc2Br)C1)c1ccc2c(c1)OCCCO2. The van der Waals surface area contributed by atoms with Crippen molar-refractivity contribution in [1.82, 2.24) is 5.32 Å². The molecule has 2 heterocycles. The van der Waals surface area contributed by atoms with E-state index >= 15 is 0 Å². The maximum Gasteiger partial charge on any atom is 0.227 e. The average molecular weight is 459 g/mol. The summed E-state index contributed by atoms with van der Waals surface area (Å²) in [5.74, 6) is 0.901. The highest BCUT2D eigenvalue weighted by molar-refractivity contribution is 9.10. The van der Waals surface area contributed by atoms with E-state index in [1.165, 1.54) is 0 Å². The summed E-state index contributed by atoms with van der Waals surface area (Å²) in [5.41, 5.74) is 1.73. The van der Waals surface area contributed by atoms with Gasteiger partial charge in [-0.2, -0.15) is 0 Å². The second-order valence-corrected chi connectivity index (χ2v) is 8.20. The topological polar surface area (TPSA) is 67.9 Å². The number of ether oxygens (including phenoxy) is 2. The highest BCUT2D eigenvalue weighted by Crippen LogP contribution is 2.33. The summed E-state index contributed by atoms with van der Waals surface area (Å²) in [6.07, 6.45) is 1.06. The van der Waals surface area contributed by atoms with Crippen LogP contribution in [0.3, 0.4) is 0 Å². The summed E-state index contributed by atoms with van der Waals surface area (Å²) in [6.45, 7) is 3.56. The van der Waals surface area contributed by atoms with E-state index in [1.807, 2.05) is 49.4 Å². The molecule has 0 radical (unpaired) electrons. The van der Waals surface area contributed by atoms with Crippen LogP contribution in [-0.2, 0) is 9.59 Å². The molecule has 152 valence electrons. The zero-order chi connectivity index (χ0) is 20.4. The summed E-state index contributed by atoms with van der Waals surface area (Å²) in [7, 11) is 0. The normalized spacial score (nSPS) is 19.6. The molecule has 0 bridgehead atoms. The second-order valence-electron chi connectivity index (χ2n) is 7.34. The molecule has 2 amide bonds. The van der Waals surface area contributed by atoms with Crippen LogP contribution in [0.15, 0.2) is 46.9 Å². The number of halogens is 1. The zero-order valence-corrected chi connectivity index (χ0v) is 17.8. The van der Waals surface area contributed by atoms with Gasteiger partial charge in [-0.1, -0.05) is 18.2 Å². The minimum Gasteiger partial charge on any atom is -0.490 e. The third kappa shape index (κ3) is 4.24. The lowest BCUT2D eigenvalue weighted by atomic mass is 10.0. The van der Waals surface area contributed by atoms with E-state index in [1.54, 1.807) is 4.90 Å². The van der Waals surface area contributed by atoms with Crippen molar-refractivity contribution >= 4 is 33.4 Å². The lowest BCUT2D eigenvalue weighted by Gasteiger charge is -2.20. The van der Waals surface area contributed by atoms with Gasteiger partial charge in [-0.05, 0) is 52.7 Å². The predicted octanol–water partition coefficient (Wildman–Crippen LogP) is 3.84. The Bertz CT molecular complexity index is 933. The molecule has 29 heavy (non-hydrogen) atoms. The Labute approximate surface area is 178 Å². The van der Waals surface area contributed by atoms with Crippen LogP contribution in [0.1, 0.15) is 31.4 Å². The summed E-state index contributed by atoms with van der Waals surface area (Å²) in [6, 6.07) is 13.1. The van der Waals surface area contributed by atoms with Crippen LogP contribution in [0.4, 0.5) is 5.69 Å². The minimum atomic E-state index is -0.377. The number of nitrogens with one attached hydrogen (secondary N) is 1. The molecule has 4 rings (SSSR count). The smallest absolute Gasteiger partial charge is 0.227 e. The number of nitrogens with zero attached hydrogens (tertiary/aromatic N) is 1. The van der Waals surface area contributed by atoms with Crippen molar-refractivity contribution in [2.45, 2.75) is 25.8 Å². The van der Waals surface area contributed by atoms with Crippen LogP contribution in [0, 0.1) is 5.92 Å². The molecule has 2 aliphatic rings. The standard InChI is InChI=1S/C22H23BrN2O4/c1-14(15-7-8-19-20(11-15)29-10-4-9-28-19)24-22(27)16-12-21(26)25(13-16)18-6-3-2-5-17(18)23/h2-3,5-8,11,14,16H,4,9-10,12-13H2,1H3,(H,24,27). The van der Waals surface area contributed by atoms with Gasteiger partial charge in [0, 0.05) is 23.9 Å². The lowest BCUT2D eigenvalue weighted by Crippen LogP contribution is -2.34. The van der Waals surface area contributed by atoms with Gasteiger partial charge in [-0.3, -0.25) is 9.59 Å². The molecular formula is C22H23BrN2O4. The van der Waals surface area contributed by atoms with Gasteiger partial charge in [-0.25, -0.2) is 0 Å². The number of hydrogen-bond acceptors (Lipinski definition) is 4. The maximum absolute atomic E-state index is 12.8. The van der Waals surface area contributed by atoms with Gasteiger partial charge >= 0.3 is 0 Å². The number of anilines is 1. The van der Waals surface area contributed by atoms with Crippen molar-refractivity contribution < 1.29 is 19.1 Å². The van der Waals surface area contributed by atoms with Crippen LogP contribution in [0.5, 0.6) is 11.5 Å². The van der Waals surface area contributed by atoms with E-state index in [0.29, 0.717) is 25.5 Å². The molecule has 2 atom stereocenters. The van der Waals surface area contributed by atoms with Crippen molar-refractivity contribution in [3.8, 4) is 11.5 Å². The van der Waals surface area contributed by atoms with Gasteiger partial charge in [0.1, 0.15) is 0 Å². The van der Waals surface area contributed by atoms with E-state index in [2.05, 4.69) is 21.2 Å². The largest absolute Gasteiger partial charge is 0.490 e. The molecule has 7 heteroatoms. The Morgan fingerprint density at radius 3 is 2.72 bits per heavy atom. The first kappa shape index (κ1) is 19.8. The Kier molecular flexibility index (Phi) is 5.76. The highest BCUT2D eigenvalue weighted by Gasteiger charge is 2.36. The van der Waals surface area contributed by atoms with E-state index in [-0.39, 0.29) is 30.2 Å². The van der Waals surface area contributed by atoms with Crippen LogP contribution in [0.2, 0.25) is 0 Å². The first-order chi connectivity index (χ1) is 14.0. The van der Waals surface area contributed by atoms with Crippen LogP contribution >= 0.6 is 15.9 Å². The first-order valence-electron chi connectivity index (χ1n) is 9.78. The molecule has 0 saturated carbocycles. The van der Waals surface area contributed by atoms with Crippen molar-refractivity contribution in [3.05, 3.63) is 52.5 Å². The Morgan fingerprint density at radius 1 is 1.17 bits per heavy atom. The Balaban J connectivity index is 1.42. The van der Waals surface area contributed by atoms with Gasteiger partial charge in [-0.15, -0.1) is 0 Å². The van der Waals surface area contributed by atoms with Crippen molar-refractivity contribution in [3.63, 3.8) is 0 Å². The van der Waals surface area contributed by atoms with Gasteiger partial charge in [0.05, 0.1) is 30.9 Å². The monoisotopic (exact) mass is 458 g/mol. The Morgan fingerprint density at radius 2 is 1.93 bits per heavy atom. The zero-order valence-electron chi connectivity index (χ0n) is 16.2. The second kappa shape index (κ2) is 8.45. The van der Waals surface area contributed by atoms with E-state index < -0.39 is 0 Å². The van der Waals surface area contributed by atoms with Gasteiger partial charge in [0.25, 0.3) is 0 Å². The summed E-state index contributed by atoms with van der Waals surface area (Å²) in [5, 5.41) is 3.04. The number of hydrogen-bond donors (Lipinski definition) is 1. The van der Waals surface area contributed by atoms with Crippen LogP contribution in [0.25, 0.3) is 0 Å². The number of rotatable bonds is 4. The molecule has 2 aromatic carbocycles. The van der Waals surface area contributed by atoms with Crippen molar-refractivity contribution in [2.75, 3.05) is 24.7 Å². The summed E-state index contributed by atoms with van der Waals surface area (Å²) in [4.78, 5) is 27.0. The molecule has 0 aromatic heterocycles. The van der Waals surface area contributed by atoms with E-state index in [9.17, 15) is 9.59 Å². The fourth-order valence-corrected chi connectivity index (χ4v) is 4.15. The number of carbonyl (C=O) groups is 2. The molecule has 0 spiro atoms. The molecule has 1 fully saturated rings. The maximum atomic E-state index is 12.8. The quantitative estimate of drug-likeness (QED) is 0.755. The van der Waals surface area contributed by atoms with Crippen molar-refractivity contribution in [1.29, 1.82) is 0 Å². The van der Waals surface area contributed by atoms with Gasteiger partial charge in [0.2, 0.25) is 11.8 Å². The summed E-state index contributed by atoms with van der Waals surface area (Å²) >= 11 is 3.48. The average Bonchev–Trinajstić information content (AvgIpc) is 2.95. The number of amides is 2. The molecule has 1 N–H and O–H groups in total. The molecule has 1 saturated heterocycles. The molecule has 6 nitrogen and oxygen atoms in total. The predicted molar refractivity (Wildman–Crippen MR) is 113 cm³/mol. The van der Waals surface area contributed by atoms with Crippen LogP contribution in [-0.4, -0.2) is 31.6 Å². The fourth-order valence-electron chi connectivity index (χ4n) is 3.65. The molecule has 2 aromatic rings. The van der Waals surface area contributed by atoms with Crippen LogP contribution < -0.4 is 19.7 Å². The third-order valence-electron chi connectivity index (χ3n) is 5.27. The third-order valence-corrected chi connectivity index (χ3v) is 5.94. The fraction of sp³-hybridized carbons (Fsp3) is 0.364. The molecule has 2 aliphatic heterocycles. The number of fused-ring (bicyclic) bond motifs is 1. The molecule has 2 unspecified atom stereocenters. The Hall–Kier alpha value is -2.54. The van der Waals surface area contributed by atoms with E-state index in [0.717, 1.165) is 27.9 Å². The van der Waals surface area contributed by atoms with Crippen molar-refractivity contribution in [2.24, 2.45) is 5.92 Å². The lowest BCUT2D eigenvalue weighted by molar-refractivity contribution is -0.126. The number of carbonyl (C=O) groups excluding carboxylic acids is 2. The summed E-state index contributed by atoms with van der Waals surface area (Å²) < 4.78 is 12.2.